The van der Waals surface area contributed by atoms with Crippen LogP contribution in [0.5, 0.6) is 0 Å². The van der Waals surface area contributed by atoms with Gasteiger partial charge >= 0.3 is 0 Å². The Labute approximate surface area is 120 Å². The summed E-state index contributed by atoms with van der Waals surface area (Å²) in [5.74, 6) is 0. The fraction of sp³-hybridized carbons (Fsp3) is 1.00. The predicted octanol–water partition coefficient (Wildman–Crippen LogP) is -3.06. The van der Waals surface area contributed by atoms with E-state index in [1.165, 1.54) is 7.11 Å². The van der Waals surface area contributed by atoms with Crippen molar-refractivity contribution in [2.45, 2.75) is 48.7 Å². The Bertz CT molecular complexity index is 374. The summed E-state index contributed by atoms with van der Waals surface area (Å²) in [6.45, 7) is -0.602. The number of aliphatic hydroxyl groups excluding tert-OH is 4. The topological polar surface area (TPSA) is 127 Å². The molecule has 0 bridgehead atoms. The van der Waals surface area contributed by atoms with Crippen molar-refractivity contribution in [3.05, 3.63) is 0 Å². The van der Waals surface area contributed by atoms with E-state index < -0.39 is 55.3 Å². The minimum atomic E-state index is -1.31. The molecule has 3 rings (SSSR count). The lowest BCUT2D eigenvalue weighted by Gasteiger charge is -2.47. The highest BCUT2D eigenvalue weighted by molar-refractivity contribution is 5.10. The first-order valence-electron chi connectivity index (χ1n) is 6.78. The maximum atomic E-state index is 9.94. The van der Waals surface area contributed by atoms with Gasteiger partial charge in [-0.1, -0.05) is 0 Å². The van der Waals surface area contributed by atoms with E-state index in [0.29, 0.717) is 0 Å². The van der Waals surface area contributed by atoms with E-state index in [4.69, 9.17) is 28.8 Å². The van der Waals surface area contributed by atoms with Crippen molar-refractivity contribution < 1.29 is 44.1 Å². The van der Waals surface area contributed by atoms with Crippen LogP contribution in [0.15, 0.2) is 0 Å². The summed E-state index contributed by atoms with van der Waals surface area (Å²) in [5.41, 5.74) is -1.01. The Morgan fingerprint density at radius 2 is 1.86 bits per heavy atom. The Kier molecular flexibility index (Phi) is 4.21. The summed E-state index contributed by atoms with van der Waals surface area (Å²) >= 11 is 0. The van der Waals surface area contributed by atoms with Crippen LogP contribution in [-0.4, -0.2) is 96.1 Å². The van der Waals surface area contributed by atoms with Gasteiger partial charge in [-0.25, -0.2) is 0 Å². The lowest BCUT2D eigenvalue weighted by atomic mass is 9.88. The first-order chi connectivity index (χ1) is 10.1. The molecule has 0 radical (unpaired) electrons. The molecule has 0 aromatic heterocycles. The van der Waals surface area contributed by atoms with E-state index in [1.54, 1.807) is 0 Å². The quantitative estimate of drug-likeness (QED) is 0.418. The van der Waals surface area contributed by atoms with Crippen molar-refractivity contribution in [2.24, 2.45) is 0 Å². The fourth-order valence-corrected chi connectivity index (χ4v) is 3.01. The highest BCUT2D eigenvalue weighted by Crippen LogP contribution is 2.46. The minimum Gasteiger partial charge on any atom is -0.394 e. The van der Waals surface area contributed by atoms with Gasteiger partial charge in [0.05, 0.1) is 19.8 Å². The molecule has 4 N–H and O–H groups in total. The zero-order valence-electron chi connectivity index (χ0n) is 11.5. The smallest absolute Gasteiger partial charge is 0.187 e. The SMILES string of the molecule is CO[C@H]1O[C@H](CO)[C@@]2(O[C@H]3O[C@H](CO)[C@@H](O)[C@@H]3O)CO[C@H]12. The van der Waals surface area contributed by atoms with Crippen molar-refractivity contribution in [1.29, 1.82) is 0 Å². The van der Waals surface area contributed by atoms with Gasteiger partial charge in [-0.2, -0.15) is 0 Å². The van der Waals surface area contributed by atoms with E-state index in [-0.39, 0.29) is 13.2 Å². The molecule has 3 aliphatic rings. The summed E-state index contributed by atoms with van der Waals surface area (Å²) in [6, 6.07) is 0. The molecule has 3 aliphatic heterocycles. The molecule has 9 heteroatoms. The molecule has 0 aromatic carbocycles. The monoisotopic (exact) mass is 308 g/mol. The van der Waals surface area contributed by atoms with Crippen molar-refractivity contribution in [1.82, 2.24) is 0 Å². The van der Waals surface area contributed by atoms with Crippen LogP contribution in [0.4, 0.5) is 0 Å². The summed E-state index contributed by atoms with van der Waals surface area (Å²) in [6.07, 6.45) is -6.55. The van der Waals surface area contributed by atoms with Crippen LogP contribution in [0.25, 0.3) is 0 Å². The average molecular weight is 308 g/mol. The highest BCUT2D eigenvalue weighted by atomic mass is 16.8. The lowest BCUT2D eigenvalue weighted by Crippen LogP contribution is -2.66. The number of methoxy groups -OCH3 is 1. The fourth-order valence-electron chi connectivity index (χ4n) is 3.01. The van der Waals surface area contributed by atoms with Crippen LogP contribution in [0.2, 0.25) is 0 Å². The van der Waals surface area contributed by atoms with Crippen molar-refractivity contribution >= 4 is 0 Å². The number of hydrogen-bond donors (Lipinski definition) is 4. The van der Waals surface area contributed by atoms with Gasteiger partial charge in [-0.15, -0.1) is 0 Å². The molecule has 9 nitrogen and oxygen atoms in total. The summed E-state index contributed by atoms with van der Waals surface area (Å²) < 4.78 is 27.1. The number of aliphatic hydroxyl groups is 4. The normalized spacial score (nSPS) is 52.7. The molecular weight excluding hydrogens is 288 g/mol. The molecule has 3 heterocycles. The molecule has 8 atom stereocenters. The van der Waals surface area contributed by atoms with Crippen LogP contribution in [-0.2, 0) is 23.7 Å². The molecule has 0 saturated carbocycles. The standard InChI is InChI=1S/C12H20O9/c1-17-11-9-12(4-18-9,6(3-14)20-11)21-10-8(16)7(15)5(2-13)19-10/h5-11,13-16H,2-4H2,1H3/t5-,6-,7-,8+,9-,10-,11+,12+/m1/s1. The Morgan fingerprint density at radius 3 is 2.33 bits per heavy atom. The molecule has 0 amide bonds. The number of rotatable bonds is 5. The third-order valence-corrected chi connectivity index (χ3v) is 4.29. The maximum absolute atomic E-state index is 9.94. The summed E-state index contributed by atoms with van der Waals surface area (Å²) in [5, 5.41) is 38.2. The molecule has 0 unspecified atom stereocenters. The van der Waals surface area contributed by atoms with Crippen LogP contribution in [0.1, 0.15) is 0 Å². The molecule has 21 heavy (non-hydrogen) atoms. The van der Waals surface area contributed by atoms with Crippen molar-refractivity contribution in [2.75, 3.05) is 26.9 Å². The van der Waals surface area contributed by atoms with E-state index in [9.17, 15) is 15.3 Å². The van der Waals surface area contributed by atoms with Crippen molar-refractivity contribution in [3.63, 3.8) is 0 Å². The number of ether oxygens (including phenoxy) is 5. The van der Waals surface area contributed by atoms with E-state index in [2.05, 4.69) is 0 Å². The molecular formula is C12H20O9. The van der Waals surface area contributed by atoms with Gasteiger partial charge in [0, 0.05) is 7.11 Å². The van der Waals surface area contributed by atoms with E-state index >= 15 is 0 Å². The number of hydrogen-bond acceptors (Lipinski definition) is 9. The minimum absolute atomic E-state index is 0.148. The first-order valence-corrected chi connectivity index (χ1v) is 6.78. The number of fused-ring (bicyclic) bond motifs is 1. The molecule has 3 saturated heterocycles. The Hall–Kier alpha value is -0.360. The van der Waals surface area contributed by atoms with Gasteiger partial charge < -0.3 is 44.1 Å². The second-order valence-corrected chi connectivity index (χ2v) is 5.42. The van der Waals surface area contributed by atoms with Gasteiger partial charge in [0.25, 0.3) is 0 Å². The van der Waals surface area contributed by atoms with Gasteiger partial charge in [-0.05, 0) is 0 Å². The van der Waals surface area contributed by atoms with E-state index in [1.807, 2.05) is 0 Å². The van der Waals surface area contributed by atoms with Crippen molar-refractivity contribution in [3.8, 4) is 0 Å². The zero-order chi connectivity index (χ0) is 15.2. The molecule has 122 valence electrons. The molecule has 3 fully saturated rings. The lowest BCUT2D eigenvalue weighted by molar-refractivity contribution is -0.328. The van der Waals surface area contributed by atoms with Gasteiger partial charge in [-0.3, -0.25) is 0 Å². The van der Waals surface area contributed by atoms with Gasteiger partial charge in [0.15, 0.2) is 18.2 Å². The van der Waals surface area contributed by atoms with Crippen LogP contribution in [0.3, 0.4) is 0 Å². The largest absolute Gasteiger partial charge is 0.394 e. The van der Waals surface area contributed by atoms with Gasteiger partial charge in [0.1, 0.15) is 30.5 Å². The first kappa shape index (κ1) is 15.5. The third-order valence-electron chi connectivity index (χ3n) is 4.29. The summed E-state index contributed by atoms with van der Waals surface area (Å²) in [7, 11) is 1.45. The molecule has 0 aliphatic carbocycles. The Morgan fingerprint density at radius 1 is 1.10 bits per heavy atom. The average Bonchev–Trinajstić information content (AvgIpc) is 2.86. The molecule has 0 aromatic rings. The zero-order valence-corrected chi connectivity index (χ0v) is 11.5. The second-order valence-electron chi connectivity index (χ2n) is 5.42. The predicted molar refractivity (Wildman–Crippen MR) is 64.1 cm³/mol. The highest BCUT2D eigenvalue weighted by Gasteiger charge is 2.67. The van der Waals surface area contributed by atoms with Crippen LogP contribution in [0, 0.1) is 0 Å². The van der Waals surface area contributed by atoms with E-state index in [0.717, 1.165) is 0 Å². The van der Waals surface area contributed by atoms with Crippen LogP contribution < -0.4 is 0 Å². The maximum Gasteiger partial charge on any atom is 0.187 e. The Balaban J connectivity index is 1.74. The van der Waals surface area contributed by atoms with Crippen LogP contribution >= 0.6 is 0 Å². The van der Waals surface area contributed by atoms with Gasteiger partial charge in [0.2, 0.25) is 0 Å². The second kappa shape index (κ2) is 5.69. The summed E-state index contributed by atoms with van der Waals surface area (Å²) in [4.78, 5) is 0. The third kappa shape index (κ3) is 2.21. The molecule has 0 spiro atoms.